The van der Waals surface area contributed by atoms with Gasteiger partial charge in [0.1, 0.15) is 34.8 Å². The van der Waals surface area contributed by atoms with Crippen molar-refractivity contribution in [2.45, 2.75) is 40.7 Å². The van der Waals surface area contributed by atoms with Crippen molar-refractivity contribution >= 4 is 146 Å². The average Bonchev–Trinajstić information content (AvgIpc) is 2.91. The molecule has 0 aliphatic carbocycles. The van der Waals surface area contributed by atoms with Crippen LogP contribution in [-0.4, -0.2) is 82.6 Å². The van der Waals surface area contributed by atoms with E-state index in [1.54, 1.807) is 46.9 Å². The zero-order valence-corrected chi connectivity index (χ0v) is 30.1. The average molecular weight is 869 g/mol. The van der Waals surface area contributed by atoms with E-state index in [1.165, 1.54) is 6.92 Å². The number of amides is 2. The van der Waals surface area contributed by atoms with E-state index in [2.05, 4.69) is 17.9 Å². The van der Waals surface area contributed by atoms with Gasteiger partial charge in [0.25, 0.3) is 5.91 Å². The van der Waals surface area contributed by atoms with Gasteiger partial charge in [0, 0.05) is 23.1 Å². The number of carbonyl (C=O) groups excluding carboxylic acids is 5. The smallest absolute Gasteiger partial charge is 0.355 e. The zero-order valence-electron chi connectivity index (χ0n) is 21.7. The van der Waals surface area contributed by atoms with Gasteiger partial charge in [-0.3, -0.25) is 24.1 Å². The highest BCUT2D eigenvalue weighted by atomic mass is 127. The molecule has 2 amide bonds. The van der Waals surface area contributed by atoms with E-state index in [1.807, 2.05) is 0 Å². The maximum atomic E-state index is 14.1. The number of fused-ring (bicyclic) bond motifs is 1. The number of halogens is 7. The number of thiol groups is 1. The Kier molecular flexibility index (Phi) is 12.8. The second kappa shape index (κ2) is 14.9. The number of alkyl halides is 7. The number of benzene rings is 1. The molecule has 1 fully saturated rings. The van der Waals surface area contributed by atoms with E-state index in [-0.39, 0.29) is 30.1 Å². The van der Waals surface area contributed by atoms with Gasteiger partial charge < -0.3 is 19.5 Å². The molecule has 236 valence electrons. The third-order valence-corrected chi connectivity index (χ3v) is 9.87. The monoisotopic (exact) mass is 866 g/mol. The first-order valence-electron chi connectivity index (χ1n) is 11.9. The number of rotatable bonds is 10. The van der Waals surface area contributed by atoms with Gasteiger partial charge in [0.2, 0.25) is 13.5 Å². The third kappa shape index (κ3) is 9.28. The van der Waals surface area contributed by atoms with Crippen LogP contribution < -0.4 is 5.32 Å². The Labute approximate surface area is 299 Å². The highest BCUT2D eigenvalue weighted by Crippen LogP contribution is 2.50. The summed E-state index contributed by atoms with van der Waals surface area (Å²) >= 11 is 41.5. The summed E-state index contributed by atoms with van der Waals surface area (Å²) in [6.07, 6.45) is -0.190. The lowest BCUT2D eigenvalue weighted by Gasteiger charge is -2.58. The first kappa shape index (κ1) is 36.9. The number of thioether (sulfide) groups is 1. The van der Waals surface area contributed by atoms with Crippen LogP contribution in [0.5, 0.6) is 0 Å². The minimum atomic E-state index is -1.96. The molecule has 0 radical (unpaired) electrons. The molecule has 43 heavy (non-hydrogen) atoms. The van der Waals surface area contributed by atoms with Crippen molar-refractivity contribution in [1.29, 1.82) is 0 Å². The molecule has 0 saturated carbocycles. The van der Waals surface area contributed by atoms with Crippen LogP contribution in [0.4, 0.5) is 0 Å². The Morgan fingerprint density at radius 2 is 1.70 bits per heavy atom. The van der Waals surface area contributed by atoms with Crippen molar-refractivity contribution in [3.8, 4) is 0 Å². The molecule has 2 aliphatic heterocycles. The van der Waals surface area contributed by atoms with E-state index in [0.717, 1.165) is 16.7 Å². The minimum absolute atomic E-state index is 0.0313. The molecule has 0 bridgehead atoms. The van der Waals surface area contributed by atoms with Crippen molar-refractivity contribution in [1.82, 2.24) is 10.2 Å². The molecule has 2 unspecified atom stereocenters. The van der Waals surface area contributed by atoms with Gasteiger partial charge in [-0.25, -0.2) is 4.79 Å². The van der Waals surface area contributed by atoms with Gasteiger partial charge in [0.05, 0.1) is 6.42 Å². The summed E-state index contributed by atoms with van der Waals surface area (Å²) in [5, 5.41) is 1.66. The van der Waals surface area contributed by atoms with E-state index in [4.69, 9.17) is 83.8 Å². The van der Waals surface area contributed by atoms with Crippen LogP contribution in [0.25, 0.3) is 0 Å². The predicted octanol–water partition coefficient (Wildman–Crippen LogP) is 4.74. The Bertz CT molecular complexity index is 1340. The largest absolute Gasteiger partial charge is 0.461 e. The molecule has 2 aliphatic rings. The van der Waals surface area contributed by atoms with Crippen molar-refractivity contribution in [2.75, 3.05) is 25.6 Å². The van der Waals surface area contributed by atoms with Crippen LogP contribution in [0, 0.1) is 0 Å². The summed E-state index contributed by atoms with van der Waals surface area (Å²) in [6, 6.07) is 6.82. The molecule has 1 N–H and O–H groups in total. The molecule has 0 aromatic heterocycles. The summed E-state index contributed by atoms with van der Waals surface area (Å²) in [4.78, 5) is 66.9. The molecule has 10 nitrogen and oxygen atoms in total. The topological polar surface area (TPSA) is 128 Å². The van der Waals surface area contributed by atoms with Crippen molar-refractivity contribution in [2.24, 2.45) is 0 Å². The van der Waals surface area contributed by atoms with Gasteiger partial charge >= 0.3 is 17.9 Å². The number of carbonyl (C=O) groups is 5. The number of ether oxygens (including phenoxy) is 3. The fraction of sp³-hybridized carbons (Fsp3) is 0.458. The Hall–Kier alpha value is -0.520. The zero-order chi connectivity index (χ0) is 32.3. The molecular formula is C24H21Cl6IN2O8S2. The minimum Gasteiger partial charge on any atom is -0.461 e. The number of hydrogen-bond acceptors (Lipinski definition) is 10. The highest BCUT2D eigenvalue weighted by Gasteiger charge is 2.70. The normalized spacial score (nSPS) is 20.9. The lowest BCUT2D eigenvalue weighted by Crippen LogP contribution is -2.84. The Morgan fingerprint density at radius 3 is 2.28 bits per heavy atom. The first-order valence-corrected chi connectivity index (χ1v) is 16.9. The summed E-state index contributed by atoms with van der Waals surface area (Å²) in [5.41, 5.74) is -1.44. The fourth-order valence-electron chi connectivity index (χ4n) is 4.08. The molecule has 1 saturated heterocycles. The van der Waals surface area contributed by atoms with Crippen molar-refractivity contribution in [3.05, 3.63) is 41.1 Å². The molecule has 1 aromatic rings. The predicted molar refractivity (Wildman–Crippen MR) is 175 cm³/mol. The summed E-state index contributed by atoms with van der Waals surface area (Å²) < 4.78 is 10.1. The quantitative estimate of drug-likeness (QED) is 0.0857. The molecule has 0 spiro atoms. The van der Waals surface area contributed by atoms with Crippen LogP contribution in [-0.2, 0) is 44.6 Å². The lowest BCUT2D eigenvalue weighted by atomic mass is 9.82. The first-order chi connectivity index (χ1) is 19.9. The number of esters is 3. The van der Waals surface area contributed by atoms with Crippen molar-refractivity contribution in [3.63, 3.8) is 0 Å². The Balaban J connectivity index is 2.01. The molecule has 19 heteroatoms. The molecular weight excluding hydrogens is 848 g/mol. The molecule has 2 heterocycles. The van der Waals surface area contributed by atoms with E-state index >= 15 is 0 Å². The fourth-order valence-corrected chi connectivity index (χ4v) is 7.32. The van der Waals surface area contributed by atoms with Gasteiger partial charge in [0.15, 0.2) is 5.54 Å². The number of nitrogens with zero attached hydrogens (tertiary/aromatic N) is 1. The number of nitrogens with one attached hydrogen (secondary N) is 1. The summed E-state index contributed by atoms with van der Waals surface area (Å²) in [6.45, 7) is -0.482. The maximum absolute atomic E-state index is 14.1. The second-order valence-electron chi connectivity index (χ2n) is 9.07. The SMILES string of the molecule is CC(=O)OCC1=C(C(=O)OCC(Cl)(Cl)Cl)N2C(=O)C(NC(=O)Cc3ccccc3S)(C(I)C(=O)OCC(Cl)(Cl)Cl)[C@H]2SC1. The molecule has 1 aromatic carbocycles. The summed E-state index contributed by atoms with van der Waals surface area (Å²) in [5.74, 6) is -4.11. The van der Waals surface area contributed by atoms with E-state index in [9.17, 15) is 24.0 Å². The second-order valence-corrected chi connectivity index (χ2v) is 16.9. The van der Waals surface area contributed by atoms with Crippen molar-refractivity contribution < 1.29 is 38.2 Å². The number of β-lactam (4-membered cyclic amide) rings is 1. The lowest BCUT2D eigenvalue weighted by molar-refractivity contribution is -0.164. The van der Waals surface area contributed by atoms with Gasteiger partial charge in [-0.2, -0.15) is 0 Å². The highest BCUT2D eigenvalue weighted by molar-refractivity contribution is 14.1. The Morgan fingerprint density at radius 1 is 1.09 bits per heavy atom. The van der Waals surface area contributed by atoms with E-state index < -0.39 is 65.4 Å². The van der Waals surface area contributed by atoms with E-state index in [0.29, 0.717) is 10.5 Å². The third-order valence-electron chi connectivity index (χ3n) is 5.87. The van der Waals surface area contributed by atoms with Gasteiger partial charge in [-0.05, 0) is 11.6 Å². The summed E-state index contributed by atoms with van der Waals surface area (Å²) in [7, 11) is 0. The molecule has 3 atom stereocenters. The van der Waals surface area contributed by atoms with Gasteiger partial charge in [-0.15, -0.1) is 24.4 Å². The van der Waals surface area contributed by atoms with Crippen LogP contribution in [0.1, 0.15) is 12.5 Å². The van der Waals surface area contributed by atoms with Gasteiger partial charge in [-0.1, -0.05) is 110 Å². The van der Waals surface area contributed by atoms with Crippen LogP contribution in [0.2, 0.25) is 0 Å². The van der Waals surface area contributed by atoms with Crippen LogP contribution in [0.15, 0.2) is 40.4 Å². The van der Waals surface area contributed by atoms with Crippen LogP contribution in [0.3, 0.4) is 0 Å². The van der Waals surface area contributed by atoms with Crippen LogP contribution >= 0.6 is 117 Å². The number of hydrogen-bond donors (Lipinski definition) is 2. The maximum Gasteiger partial charge on any atom is 0.355 e. The standard InChI is InChI=1S/C24H21Cl6IN2O8S2/c1-11(34)39-7-13-8-43-21-24(17(31)19(37)41-10-23(28,29)30,32-15(35)6-12-4-2-3-5-14(12)42)20(38)33(21)16(13)18(36)40-9-22(25,26)27/h2-5,17,21,42H,6-10H2,1H3,(H,32,35)/t17?,21-,24?/m1/s1. The molecule has 3 rings (SSSR count).